The number of amides is 1. The van der Waals surface area contributed by atoms with Crippen molar-refractivity contribution in [1.82, 2.24) is 9.80 Å². The molecule has 2 fully saturated rings. The van der Waals surface area contributed by atoms with Gasteiger partial charge < -0.3 is 15.0 Å². The molecule has 2 saturated heterocycles. The molecule has 2 aliphatic rings. The Morgan fingerprint density at radius 2 is 2.13 bits per heavy atom. The van der Waals surface area contributed by atoms with Crippen LogP contribution in [0, 0.1) is 0 Å². The second kappa shape index (κ2) is 10.1. The Hall–Kier alpha value is -2.41. The number of alkyl halides is 1. The molecule has 0 unspecified atom stereocenters. The molecule has 164 valence electrons. The number of ether oxygens (including phenoxy) is 1. The number of carbonyl (C=O) groups excluding carboxylic acids is 1. The Labute approximate surface area is 178 Å². The van der Waals surface area contributed by atoms with Gasteiger partial charge in [0.2, 0.25) is 5.91 Å². The van der Waals surface area contributed by atoms with Crippen LogP contribution in [0.5, 0.6) is 0 Å². The van der Waals surface area contributed by atoms with E-state index in [-0.39, 0.29) is 18.5 Å². The van der Waals surface area contributed by atoms with E-state index in [0.717, 1.165) is 48.6 Å². The van der Waals surface area contributed by atoms with E-state index in [1.165, 1.54) is 0 Å². The summed E-state index contributed by atoms with van der Waals surface area (Å²) in [5, 5.41) is 3.60. The molecule has 0 saturated carbocycles. The number of rotatable bonds is 7. The zero-order valence-corrected chi connectivity index (χ0v) is 18.2. The summed E-state index contributed by atoms with van der Waals surface area (Å²) >= 11 is 0. The molecule has 0 radical (unpaired) electrons. The topological polar surface area (TPSA) is 57.2 Å². The second-order valence-corrected chi connectivity index (χ2v) is 8.17. The summed E-state index contributed by atoms with van der Waals surface area (Å²) in [5.74, 6) is 0.811. The largest absolute Gasteiger partial charge is 0.496 e. The molecular formula is C23H33FN4O2. The lowest BCUT2D eigenvalue weighted by Gasteiger charge is -2.34. The van der Waals surface area contributed by atoms with Gasteiger partial charge in [-0.3, -0.25) is 14.7 Å². The van der Waals surface area contributed by atoms with Crippen molar-refractivity contribution < 1.29 is 13.9 Å². The van der Waals surface area contributed by atoms with Crippen molar-refractivity contribution >= 4 is 29.8 Å². The summed E-state index contributed by atoms with van der Waals surface area (Å²) < 4.78 is 19.0. The highest BCUT2D eigenvalue weighted by Crippen LogP contribution is 2.30. The summed E-state index contributed by atoms with van der Waals surface area (Å²) in [6.45, 7) is 9.83. The van der Waals surface area contributed by atoms with E-state index in [0.29, 0.717) is 19.0 Å². The first-order chi connectivity index (χ1) is 14.4. The third kappa shape index (κ3) is 5.19. The maximum atomic E-state index is 13.6. The normalized spacial score (nSPS) is 23.5. The summed E-state index contributed by atoms with van der Waals surface area (Å²) in [7, 11) is 1.65. The van der Waals surface area contributed by atoms with Crippen molar-refractivity contribution in [2.75, 3.05) is 38.6 Å². The SMILES string of the molecule is C=Nc1ccc(NC2CCN(CC(=O)N3C[C@@H](F)C[C@H]3C)CC2)cc1/C(=C\C)OC. The van der Waals surface area contributed by atoms with Crippen LogP contribution in [-0.4, -0.2) is 74.0 Å². The molecule has 30 heavy (non-hydrogen) atoms. The number of anilines is 1. The number of carbonyl (C=O) groups is 1. The Kier molecular flexibility index (Phi) is 7.48. The van der Waals surface area contributed by atoms with Crippen LogP contribution in [0.25, 0.3) is 5.76 Å². The number of aliphatic imine (C=N–C) groups is 1. The first-order valence-corrected chi connectivity index (χ1v) is 10.7. The third-order valence-electron chi connectivity index (χ3n) is 6.08. The van der Waals surface area contributed by atoms with Crippen LogP contribution in [-0.2, 0) is 9.53 Å². The van der Waals surface area contributed by atoms with Gasteiger partial charge >= 0.3 is 0 Å². The van der Waals surface area contributed by atoms with Gasteiger partial charge in [-0.05, 0) is 57.7 Å². The number of halogens is 1. The monoisotopic (exact) mass is 416 g/mol. The number of nitrogens with zero attached hydrogens (tertiary/aromatic N) is 3. The predicted octanol–water partition coefficient (Wildman–Crippen LogP) is 3.86. The summed E-state index contributed by atoms with van der Waals surface area (Å²) in [5.41, 5.74) is 2.72. The fourth-order valence-electron chi connectivity index (χ4n) is 4.41. The Morgan fingerprint density at radius 1 is 1.40 bits per heavy atom. The first kappa shape index (κ1) is 22.3. The number of hydrogen-bond acceptors (Lipinski definition) is 5. The maximum Gasteiger partial charge on any atom is 0.237 e. The number of likely N-dealkylation sites (tertiary alicyclic amines) is 2. The van der Waals surface area contributed by atoms with Crippen LogP contribution >= 0.6 is 0 Å². The molecule has 7 heteroatoms. The highest BCUT2D eigenvalue weighted by Gasteiger charge is 2.33. The molecule has 0 bridgehead atoms. The predicted molar refractivity (Wildman–Crippen MR) is 120 cm³/mol. The van der Waals surface area contributed by atoms with E-state index in [4.69, 9.17) is 4.74 Å². The number of nitrogens with one attached hydrogen (secondary N) is 1. The zero-order chi connectivity index (χ0) is 21.7. The summed E-state index contributed by atoms with van der Waals surface area (Å²) in [4.78, 5) is 20.5. The molecule has 2 aliphatic heterocycles. The number of piperidine rings is 1. The average molecular weight is 417 g/mol. The molecule has 0 spiro atoms. The molecule has 1 aromatic carbocycles. The first-order valence-electron chi connectivity index (χ1n) is 10.7. The lowest BCUT2D eigenvalue weighted by molar-refractivity contribution is -0.133. The molecule has 2 atom stereocenters. The van der Waals surface area contributed by atoms with Gasteiger partial charge in [0.15, 0.2) is 0 Å². The van der Waals surface area contributed by atoms with Gasteiger partial charge in [-0.2, -0.15) is 0 Å². The minimum absolute atomic E-state index is 0.00286. The van der Waals surface area contributed by atoms with E-state index in [2.05, 4.69) is 21.9 Å². The van der Waals surface area contributed by atoms with Gasteiger partial charge in [0.1, 0.15) is 11.9 Å². The highest BCUT2D eigenvalue weighted by atomic mass is 19.1. The summed E-state index contributed by atoms with van der Waals surface area (Å²) in [6.07, 6.45) is 3.39. The molecule has 1 N–H and O–H groups in total. The molecule has 0 aromatic heterocycles. The molecule has 2 heterocycles. The third-order valence-corrected chi connectivity index (χ3v) is 6.08. The number of allylic oxidation sites excluding steroid dienone is 1. The van der Waals surface area contributed by atoms with E-state index in [1.54, 1.807) is 12.0 Å². The quantitative estimate of drug-likeness (QED) is 0.542. The lowest BCUT2D eigenvalue weighted by Crippen LogP contribution is -2.46. The van der Waals surface area contributed by atoms with Gasteiger partial charge in [0, 0.05) is 42.8 Å². The van der Waals surface area contributed by atoms with Gasteiger partial charge in [-0.15, -0.1) is 0 Å². The smallest absolute Gasteiger partial charge is 0.237 e. The Balaban J connectivity index is 1.54. The average Bonchev–Trinajstić information content (AvgIpc) is 3.09. The molecule has 6 nitrogen and oxygen atoms in total. The Morgan fingerprint density at radius 3 is 2.70 bits per heavy atom. The molecule has 3 rings (SSSR count). The van der Waals surface area contributed by atoms with Gasteiger partial charge in [0.05, 0.1) is 25.9 Å². The number of benzene rings is 1. The van der Waals surface area contributed by atoms with Crippen LogP contribution in [0.3, 0.4) is 0 Å². The van der Waals surface area contributed by atoms with E-state index in [9.17, 15) is 9.18 Å². The van der Waals surface area contributed by atoms with Gasteiger partial charge in [-0.1, -0.05) is 0 Å². The molecule has 1 aromatic rings. The van der Waals surface area contributed by atoms with Crippen LogP contribution < -0.4 is 5.32 Å². The van der Waals surface area contributed by atoms with E-state index in [1.807, 2.05) is 38.1 Å². The van der Waals surface area contributed by atoms with E-state index < -0.39 is 6.17 Å². The number of hydrogen-bond donors (Lipinski definition) is 1. The van der Waals surface area contributed by atoms with Crippen LogP contribution in [0.15, 0.2) is 29.3 Å². The minimum Gasteiger partial charge on any atom is -0.496 e. The molecular weight excluding hydrogens is 383 g/mol. The van der Waals surface area contributed by atoms with E-state index >= 15 is 0 Å². The van der Waals surface area contributed by atoms with Crippen molar-refractivity contribution in [3.63, 3.8) is 0 Å². The lowest BCUT2D eigenvalue weighted by atomic mass is 10.0. The van der Waals surface area contributed by atoms with Crippen molar-refractivity contribution in [3.05, 3.63) is 29.8 Å². The fraction of sp³-hybridized carbons (Fsp3) is 0.565. The standard InChI is InChI=1S/C23H33FN4O2/c1-5-22(30-4)20-13-19(6-7-21(20)25-3)26-18-8-10-27(11-9-18)15-23(29)28-14-17(24)12-16(28)2/h5-7,13,16-18,26H,3,8-12,14-15H2,1-2,4H3/b22-5+/t16-,17+/m1/s1. The second-order valence-electron chi connectivity index (χ2n) is 8.17. The van der Waals surface area contributed by atoms with Gasteiger partial charge in [-0.25, -0.2) is 4.39 Å². The highest BCUT2D eigenvalue weighted by molar-refractivity contribution is 5.79. The fourth-order valence-corrected chi connectivity index (χ4v) is 4.41. The molecule has 0 aliphatic carbocycles. The van der Waals surface area contributed by atoms with Crippen molar-refractivity contribution in [2.24, 2.45) is 4.99 Å². The number of methoxy groups -OCH3 is 1. The van der Waals surface area contributed by atoms with Crippen LogP contribution in [0.4, 0.5) is 15.8 Å². The van der Waals surface area contributed by atoms with Crippen LogP contribution in [0.2, 0.25) is 0 Å². The van der Waals surface area contributed by atoms with Crippen molar-refractivity contribution in [3.8, 4) is 0 Å². The van der Waals surface area contributed by atoms with Crippen LogP contribution in [0.1, 0.15) is 38.7 Å². The molecule has 1 amide bonds. The summed E-state index contributed by atoms with van der Waals surface area (Å²) in [6, 6.07) is 6.33. The van der Waals surface area contributed by atoms with Crippen molar-refractivity contribution in [2.45, 2.75) is 51.4 Å². The zero-order valence-electron chi connectivity index (χ0n) is 18.2. The van der Waals surface area contributed by atoms with Crippen molar-refractivity contribution in [1.29, 1.82) is 0 Å². The minimum atomic E-state index is -0.882. The van der Waals surface area contributed by atoms with Gasteiger partial charge in [0.25, 0.3) is 0 Å². The maximum absolute atomic E-state index is 13.6. The Bertz CT molecular complexity index is 789.